The van der Waals surface area contributed by atoms with Gasteiger partial charge in [0.15, 0.2) is 0 Å². The van der Waals surface area contributed by atoms with Crippen molar-refractivity contribution < 1.29 is 4.42 Å². The molecule has 16 aromatic rings. The van der Waals surface area contributed by atoms with Gasteiger partial charge in [0.25, 0.3) is 0 Å². The lowest BCUT2D eigenvalue weighted by molar-refractivity contribution is 0.398. The fourth-order valence-corrected chi connectivity index (χ4v) is 17.1. The maximum atomic E-state index is 6.46. The van der Waals surface area contributed by atoms with Gasteiger partial charge in [-0.15, -0.1) is 0 Å². The number of nitrogens with zero attached hydrogens (tertiary/aromatic N) is 2. The third-order valence-corrected chi connectivity index (χ3v) is 22.3. The molecule has 0 saturated carbocycles. The molecule has 0 atom stereocenters. The van der Waals surface area contributed by atoms with Crippen LogP contribution in [0.1, 0.15) is 126 Å². The van der Waals surface area contributed by atoms with Gasteiger partial charge in [0.2, 0.25) is 0 Å². The minimum Gasteiger partial charge on any atom is -0.455 e. The lowest BCUT2D eigenvalue weighted by Gasteiger charge is -2.33. The standard InChI is InChI=1S/C97H86N2O/c1-5-7-9-11-13-21-56-97(57-22-14-12-10-8-6-2)89-63-74(69-38-36-68(37-39-69)67-34-32-65(3)33-35-67)44-52-81(89)82-53-45-75(64-90(82)97)77-59-66(4)58-76(60-77)70-40-48-78(49-41-70)98-91-29-18-15-24-83(91)87-61-72(46-54-93(87)98)73-47-55-94-88(62-73)84-25-16-19-30-92(84)99(94)79-50-42-71(43-51-79)80-27-23-28-86-85-26-17-20-31-95(85)100-96(80)86/h15-20,23-55,58-64H,5-14,21-22,56-57H2,1-4H3. The lowest BCUT2D eigenvalue weighted by Crippen LogP contribution is -2.25. The number of para-hydroxylation sites is 4. The Morgan fingerprint density at radius 1 is 0.270 bits per heavy atom. The number of aromatic nitrogens is 2. The molecule has 0 bridgehead atoms. The molecule has 3 heteroatoms. The van der Waals surface area contributed by atoms with Crippen LogP contribution in [0.25, 0.3) is 155 Å². The number of benzene rings is 13. The number of unbranched alkanes of at least 4 members (excludes halogenated alkanes) is 10. The highest BCUT2D eigenvalue weighted by molar-refractivity contribution is 6.13. The van der Waals surface area contributed by atoms with Gasteiger partial charge in [-0.1, -0.05) is 291 Å². The first-order chi connectivity index (χ1) is 49.3. The Morgan fingerprint density at radius 2 is 0.670 bits per heavy atom. The van der Waals surface area contributed by atoms with Crippen LogP contribution in [0.15, 0.2) is 283 Å². The monoisotopic (exact) mass is 1290 g/mol. The molecule has 13 aromatic carbocycles. The zero-order chi connectivity index (χ0) is 67.3. The van der Waals surface area contributed by atoms with E-state index in [0.29, 0.717) is 0 Å². The largest absolute Gasteiger partial charge is 0.455 e. The van der Waals surface area contributed by atoms with Crippen LogP contribution in [0, 0.1) is 13.8 Å². The molecule has 0 spiro atoms. The summed E-state index contributed by atoms with van der Waals surface area (Å²) in [6, 6.07) is 105. The normalized spacial score (nSPS) is 12.6. The predicted octanol–water partition coefficient (Wildman–Crippen LogP) is 28.2. The summed E-state index contributed by atoms with van der Waals surface area (Å²) in [6.07, 6.45) is 17.9. The molecule has 0 saturated heterocycles. The van der Waals surface area contributed by atoms with Crippen LogP contribution in [-0.2, 0) is 5.41 Å². The number of fused-ring (bicyclic) bond motifs is 12. The molecule has 1 aliphatic carbocycles. The molecular formula is C97H86N2O. The molecule has 490 valence electrons. The van der Waals surface area contributed by atoms with Crippen molar-refractivity contribution in [2.24, 2.45) is 0 Å². The van der Waals surface area contributed by atoms with Crippen molar-refractivity contribution in [3.63, 3.8) is 0 Å². The average Bonchev–Trinajstić information content (AvgIpc) is 1.57. The van der Waals surface area contributed by atoms with Crippen LogP contribution in [0.4, 0.5) is 0 Å². The third kappa shape index (κ3) is 11.4. The van der Waals surface area contributed by atoms with E-state index < -0.39 is 0 Å². The van der Waals surface area contributed by atoms with Crippen LogP contribution < -0.4 is 0 Å². The van der Waals surface area contributed by atoms with Crippen molar-refractivity contribution in [2.75, 3.05) is 0 Å². The molecule has 1 aliphatic rings. The predicted molar refractivity (Wildman–Crippen MR) is 427 cm³/mol. The molecular weight excluding hydrogens is 1210 g/mol. The van der Waals surface area contributed by atoms with E-state index >= 15 is 0 Å². The van der Waals surface area contributed by atoms with Crippen molar-refractivity contribution in [3.8, 4) is 89.3 Å². The molecule has 0 aliphatic heterocycles. The van der Waals surface area contributed by atoms with Gasteiger partial charge in [-0.2, -0.15) is 0 Å². The van der Waals surface area contributed by atoms with Crippen LogP contribution in [-0.4, -0.2) is 9.13 Å². The summed E-state index contributed by atoms with van der Waals surface area (Å²) in [4.78, 5) is 0. The van der Waals surface area contributed by atoms with E-state index in [4.69, 9.17) is 4.42 Å². The first kappa shape index (κ1) is 62.8. The summed E-state index contributed by atoms with van der Waals surface area (Å²) in [5.41, 5.74) is 32.1. The van der Waals surface area contributed by atoms with Crippen LogP contribution >= 0.6 is 0 Å². The number of hydrogen-bond acceptors (Lipinski definition) is 1. The summed E-state index contributed by atoms with van der Waals surface area (Å²) < 4.78 is 11.3. The molecule has 3 nitrogen and oxygen atoms in total. The fraction of sp³-hybridized carbons (Fsp3) is 0.196. The van der Waals surface area contributed by atoms with Crippen molar-refractivity contribution in [1.29, 1.82) is 0 Å². The average molecular weight is 1300 g/mol. The van der Waals surface area contributed by atoms with Gasteiger partial charge in [0.1, 0.15) is 11.2 Å². The maximum absolute atomic E-state index is 6.46. The van der Waals surface area contributed by atoms with E-state index in [1.807, 2.05) is 6.07 Å². The van der Waals surface area contributed by atoms with Gasteiger partial charge in [0, 0.05) is 54.7 Å². The zero-order valence-electron chi connectivity index (χ0n) is 58.3. The minimum atomic E-state index is -0.0621. The Hall–Kier alpha value is -10.7. The van der Waals surface area contributed by atoms with E-state index in [-0.39, 0.29) is 5.41 Å². The van der Waals surface area contributed by atoms with Gasteiger partial charge in [0.05, 0.1) is 22.1 Å². The first-order valence-electron chi connectivity index (χ1n) is 37.1. The molecule has 17 rings (SSSR count). The number of hydrogen-bond donors (Lipinski definition) is 0. The quantitative estimate of drug-likeness (QED) is 0.0620. The highest BCUT2D eigenvalue weighted by Crippen LogP contribution is 2.56. The Balaban J connectivity index is 0.678. The second kappa shape index (κ2) is 26.8. The Kier molecular flexibility index (Phi) is 16.8. The molecule has 0 fully saturated rings. The fourth-order valence-electron chi connectivity index (χ4n) is 17.1. The van der Waals surface area contributed by atoms with E-state index in [1.165, 1.54) is 217 Å². The van der Waals surface area contributed by atoms with Crippen molar-refractivity contribution in [1.82, 2.24) is 9.13 Å². The third-order valence-electron chi connectivity index (χ3n) is 22.3. The van der Waals surface area contributed by atoms with E-state index in [1.54, 1.807) is 5.56 Å². The van der Waals surface area contributed by atoms with Crippen molar-refractivity contribution >= 4 is 65.6 Å². The smallest absolute Gasteiger partial charge is 0.143 e. The SMILES string of the molecule is CCCCCCCCC1(CCCCCCCC)c2cc(-c3ccc(-c4ccc(C)cc4)cc3)ccc2-c2ccc(-c3cc(C)cc(-c4ccc(-n5c6ccccc6c6cc(-c7ccc8c(c7)c7ccccc7n8-c7ccc(-c8cccc9c8oc8ccccc89)cc7)ccc65)cc4)c3)cc21. The molecule has 3 aromatic heterocycles. The van der Waals surface area contributed by atoms with Gasteiger partial charge >= 0.3 is 0 Å². The van der Waals surface area contributed by atoms with Gasteiger partial charge in [-0.05, 0) is 201 Å². The van der Waals surface area contributed by atoms with Crippen LogP contribution in [0.5, 0.6) is 0 Å². The Bertz CT molecular complexity index is 5680. The summed E-state index contributed by atoms with van der Waals surface area (Å²) in [5.74, 6) is 0. The van der Waals surface area contributed by atoms with Gasteiger partial charge in [-0.3, -0.25) is 0 Å². The minimum absolute atomic E-state index is 0.0621. The number of rotatable bonds is 22. The zero-order valence-corrected chi connectivity index (χ0v) is 58.3. The Labute approximate surface area is 589 Å². The summed E-state index contributed by atoms with van der Waals surface area (Å²) in [5, 5.41) is 7.24. The van der Waals surface area contributed by atoms with Crippen LogP contribution in [0.2, 0.25) is 0 Å². The summed E-state index contributed by atoms with van der Waals surface area (Å²) >= 11 is 0. The van der Waals surface area contributed by atoms with Crippen molar-refractivity contribution in [3.05, 3.63) is 301 Å². The van der Waals surface area contributed by atoms with Crippen molar-refractivity contribution in [2.45, 2.75) is 123 Å². The first-order valence-corrected chi connectivity index (χ1v) is 37.1. The second-order valence-corrected chi connectivity index (χ2v) is 28.7. The summed E-state index contributed by atoms with van der Waals surface area (Å²) in [7, 11) is 0. The molecule has 0 radical (unpaired) electrons. The highest BCUT2D eigenvalue weighted by atomic mass is 16.3. The lowest BCUT2D eigenvalue weighted by atomic mass is 9.70. The summed E-state index contributed by atoms with van der Waals surface area (Å²) in [6.45, 7) is 9.10. The van der Waals surface area contributed by atoms with E-state index in [0.717, 1.165) is 44.4 Å². The molecule has 100 heavy (non-hydrogen) atoms. The number of furan rings is 1. The Morgan fingerprint density at radius 3 is 1.23 bits per heavy atom. The van der Waals surface area contributed by atoms with Gasteiger partial charge in [-0.25, -0.2) is 0 Å². The van der Waals surface area contributed by atoms with Crippen LogP contribution in [0.3, 0.4) is 0 Å². The number of aryl methyl sites for hydroxylation is 2. The van der Waals surface area contributed by atoms with Gasteiger partial charge < -0.3 is 13.6 Å². The second-order valence-electron chi connectivity index (χ2n) is 28.7. The molecule has 0 N–H and O–H groups in total. The van der Waals surface area contributed by atoms with E-state index in [9.17, 15) is 0 Å². The molecule has 3 heterocycles. The molecule has 0 amide bonds. The topological polar surface area (TPSA) is 23.0 Å². The maximum Gasteiger partial charge on any atom is 0.143 e. The van der Waals surface area contributed by atoms with E-state index in [2.05, 4.69) is 310 Å². The molecule has 0 unspecified atom stereocenters. The highest BCUT2D eigenvalue weighted by Gasteiger charge is 2.43.